The van der Waals surface area contributed by atoms with Gasteiger partial charge in [-0.25, -0.2) is 13.1 Å². The lowest BCUT2D eigenvalue weighted by molar-refractivity contribution is 0.0910. The van der Waals surface area contributed by atoms with Crippen LogP contribution in [-0.2, 0) is 16.4 Å². The molecule has 0 radical (unpaired) electrons. The van der Waals surface area contributed by atoms with Crippen LogP contribution in [0.15, 0.2) is 34.0 Å². The maximum Gasteiger partial charge on any atom is 0.261 e. The quantitative estimate of drug-likeness (QED) is 0.585. The molecule has 3 rings (SSSR count). The summed E-state index contributed by atoms with van der Waals surface area (Å²) in [5, 5.41) is 2.53. The molecule has 1 aliphatic carbocycles. The van der Waals surface area contributed by atoms with E-state index in [-0.39, 0.29) is 34.7 Å². The van der Waals surface area contributed by atoms with E-state index in [2.05, 4.69) is 15.0 Å². The number of aromatic nitrogens is 1. The molecule has 0 saturated heterocycles. The van der Waals surface area contributed by atoms with Crippen LogP contribution in [-0.4, -0.2) is 38.2 Å². The number of rotatable bonds is 6. The monoisotopic (exact) mass is 445 g/mol. The summed E-state index contributed by atoms with van der Waals surface area (Å²) in [5.74, 6) is -0.773. The van der Waals surface area contributed by atoms with Crippen LogP contribution in [0.25, 0.3) is 0 Å². The lowest BCUT2D eigenvalue weighted by atomic mass is 9.75. The minimum Gasteiger partial charge on any atom is -0.351 e. The number of aryl methyl sites for hydroxylation is 2. The average molecular weight is 446 g/mol. The van der Waals surface area contributed by atoms with E-state index in [1.807, 2.05) is 19.9 Å². The van der Waals surface area contributed by atoms with E-state index in [9.17, 15) is 22.8 Å². The highest BCUT2D eigenvalue weighted by Crippen LogP contribution is 2.33. The molecule has 0 unspecified atom stereocenters. The van der Waals surface area contributed by atoms with Crippen LogP contribution >= 0.6 is 0 Å². The number of H-pyrrole nitrogens is 1. The molecule has 0 bridgehead atoms. The minimum atomic E-state index is -3.73. The van der Waals surface area contributed by atoms with Crippen LogP contribution in [0.5, 0.6) is 0 Å². The van der Waals surface area contributed by atoms with E-state index >= 15 is 0 Å². The predicted octanol–water partition coefficient (Wildman–Crippen LogP) is 1.86. The topological polar surface area (TPSA) is 125 Å². The van der Waals surface area contributed by atoms with Crippen LogP contribution in [0.2, 0.25) is 0 Å². The molecule has 166 valence electrons. The van der Waals surface area contributed by atoms with E-state index in [0.29, 0.717) is 29.7 Å². The van der Waals surface area contributed by atoms with Crippen LogP contribution in [0.1, 0.15) is 57.8 Å². The highest BCUT2D eigenvalue weighted by molar-refractivity contribution is 7.89. The first-order valence-electron chi connectivity index (χ1n) is 10.0. The third kappa shape index (κ3) is 5.11. The van der Waals surface area contributed by atoms with Gasteiger partial charge < -0.3 is 10.3 Å². The molecule has 1 amide bonds. The Labute approximate surface area is 181 Å². The van der Waals surface area contributed by atoms with Crippen molar-refractivity contribution >= 4 is 21.7 Å². The summed E-state index contributed by atoms with van der Waals surface area (Å²) in [6.07, 6.45) is 0.888. The first-order valence-corrected chi connectivity index (χ1v) is 11.5. The molecule has 8 nitrogen and oxygen atoms in total. The molecule has 0 aliphatic heterocycles. The van der Waals surface area contributed by atoms with E-state index in [1.165, 1.54) is 6.07 Å². The molecule has 1 heterocycles. The molecule has 0 atom stereocenters. The standard InChI is InChI=1S/C22H27N3O5S/c1-13-5-6-14(2)19(9-13)31(29,30)24-8-7-23-20(27)16-10-15-17(25-21(16)28)11-22(3,4)12-18(15)26/h5-6,9-10,24H,7-8,11-12H2,1-4H3,(H,23,27)(H,25,28). The molecule has 3 N–H and O–H groups in total. The van der Waals surface area contributed by atoms with Crippen molar-refractivity contribution < 1.29 is 18.0 Å². The SMILES string of the molecule is Cc1ccc(C)c(S(=O)(=O)NCCNC(=O)c2cc3c([nH]c2=O)CC(C)(C)CC3=O)c1. The van der Waals surface area contributed by atoms with Gasteiger partial charge in [0.25, 0.3) is 11.5 Å². The summed E-state index contributed by atoms with van der Waals surface area (Å²) in [6, 6.07) is 6.48. The molecule has 0 spiro atoms. The van der Waals surface area contributed by atoms with Gasteiger partial charge in [-0.3, -0.25) is 14.4 Å². The average Bonchev–Trinajstić information content (AvgIpc) is 2.65. The number of fused-ring (bicyclic) bond motifs is 1. The fourth-order valence-corrected chi connectivity index (χ4v) is 5.09. The molecule has 2 aromatic rings. The number of hydrogen-bond acceptors (Lipinski definition) is 5. The molecule has 9 heteroatoms. The fourth-order valence-electron chi connectivity index (χ4n) is 3.73. The van der Waals surface area contributed by atoms with Gasteiger partial charge >= 0.3 is 0 Å². The Bertz CT molecular complexity index is 1210. The number of hydrogen-bond donors (Lipinski definition) is 3. The second-order valence-corrected chi connectivity index (χ2v) is 10.5. The number of amides is 1. The van der Waals surface area contributed by atoms with Crippen molar-refractivity contribution in [1.82, 2.24) is 15.0 Å². The molecule has 0 fully saturated rings. The minimum absolute atomic E-state index is 0.0135. The summed E-state index contributed by atoms with van der Waals surface area (Å²) >= 11 is 0. The van der Waals surface area contributed by atoms with Gasteiger partial charge in [0, 0.05) is 30.8 Å². The van der Waals surface area contributed by atoms with E-state index < -0.39 is 21.5 Å². The molecule has 1 aromatic carbocycles. The van der Waals surface area contributed by atoms with Gasteiger partial charge in [0.15, 0.2) is 5.78 Å². The Hall–Kier alpha value is -2.78. The number of carbonyl (C=O) groups is 2. The zero-order valence-electron chi connectivity index (χ0n) is 18.1. The molecule has 0 saturated carbocycles. The number of aromatic amines is 1. The lowest BCUT2D eigenvalue weighted by Crippen LogP contribution is -2.38. The Morgan fingerprint density at radius 3 is 2.52 bits per heavy atom. The van der Waals surface area contributed by atoms with Gasteiger partial charge in [-0.05, 0) is 48.9 Å². The highest BCUT2D eigenvalue weighted by Gasteiger charge is 2.32. The van der Waals surface area contributed by atoms with Gasteiger partial charge in [-0.2, -0.15) is 0 Å². The highest BCUT2D eigenvalue weighted by atomic mass is 32.2. The van der Waals surface area contributed by atoms with Crippen molar-refractivity contribution in [3.05, 3.63) is 62.6 Å². The van der Waals surface area contributed by atoms with Gasteiger partial charge in [-0.15, -0.1) is 0 Å². The Morgan fingerprint density at radius 2 is 1.81 bits per heavy atom. The fraction of sp³-hybridized carbons (Fsp3) is 0.409. The maximum absolute atomic E-state index is 12.5. The van der Waals surface area contributed by atoms with Crippen molar-refractivity contribution in [2.45, 2.75) is 45.4 Å². The Balaban J connectivity index is 1.66. The molecule has 1 aliphatic rings. The largest absolute Gasteiger partial charge is 0.351 e. The Kier molecular flexibility index (Phi) is 6.20. The second-order valence-electron chi connectivity index (χ2n) is 8.77. The van der Waals surface area contributed by atoms with Crippen molar-refractivity contribution in [3.63, 3.8) is 0 Å². The first-order chi connectivity index (χ1) is 14.4. The summed E-state index contributed by atoms with van der Waals surface area (Å²) in [7, 11) is -3.73. The number of pyridine rings is 1. The lowest BCUT2D eigenvalue weighted by Gasteiger charge is -2.29. The van der Waals surface area contributed by atoms with Gasteiger partial charge in [0.05, 0.1) is 4.90 Å². The predicted molar refractivity (Wildman–Crippen MR) is 117 cm³/mol. The molecular weight excluding hydrogens is 418 g/mol. The number of Topliss-reactive ketones (excluding diaryl/α,β-unsaturated/α-hetero) is 1. The van der Waals surface area contributed by atoms with Gasteiger partial charge in [-0.1, -0.05) is 26.0 Å². The van der Waals surface area contributed by atoms with E-state index in [0.717, 1.165) is 5.56 Å². The third-order valence-corrected chi connectivity index (χ3v) is 6.90. The summed E-state index contributed by atoms with van der Waals surface area (Å²) < 4.78 is 27.5. The summed E-state index contributed by atoms with van der Waals surface area (Å²) in [6.45, 7) is 7.36. The van der Waals surface area contributed by atoms with Crippen molar-refractivity contribution in [1.29, 1.82) is 0 Å². The van der Waals surface area contributed by atoms with Crippen molar-refractivity contribution in [3.8, 4) is 0 Å². The number of benzene rings is 1. The second kappa shape index (κ2) is 8.39. The van der Waals surface area contributed by atoms with Gasteiger partial charge in [0.1, 0.15) is 5.56 Å². The summed E-state index contributed by atoms with van der Waals surface area (Å²) in [4.78, 5) is 40.1. The van der Waals surface area contributed by atoms with Crippen LogP contribution < -0.4 is 15.6 Å². The number of carbonyl (C=O) groups excluding carboxylic acids is 2. The zero-order valence-corrected chi connectivity index (χ0v) is 18.9. The number of nitrogens with one attached hydrogen (secondary N) is 3. The number of sulfonamides is 1. The van der Waals surface area contributed by atoms with Crippen LogP contribution in [0.3, 0.4) is 0 Å². The van der Waals surface area contributed by atoms with E-state index in [1.54, 1.807) is 26.0 Å². The third-order valence-electron chi connectivity index (χ3n) is 5.30. The molecule has 1 aromatic heterocycles. The van der Waals surface area contributed by atoms with Crippen molar-refractivity contribution in [2.75, 3.05) is 13.1 Å². The van der Waals surface area contributed by atoms with Crippen molar-refractivity contribution in [2.24, 2.45) is 5.41 Å². The molecule has 31 heavy (non-hydrogen) atoms. The van der Waals surface area contributed by atoms with Gasteiger partial charge in [0.2, 0.25) is 10.0 Å². The Morgan fingerprint density at radius 1 is 1.10 bits per heavy atom. The van der Waals surface area contributed by atoms with Crippen LogP contribution in [0.4, 0.5) is 0 Å². The smallest absolute Gasteiger partial charge is 0.261 e. The summed E-state index contributed by atoms with van der Waals surface area (Å²) in [5.41, 5.74) is 1.37. The van der Waals surface area contributed by atoms with E-state index in [4.69, 9.17) is 0 Å². The maximum atomic E-state index is 12.5. The molecular formula is C22H27N3O5S. The number of ketones is 1. The normalized spacial score (nSPS) is 15.4. The zero-order chi connectivity index (χ0) is 23.0. The van der Waals surface area contributed by atoms with Crippen LogP contribution in [0, 0.1) is 19.3 Å². The first kappa shape index (κ1) is 22.9.